The lowest BCUT2D eigenvalue weighted by atomic mass is 9.91. The van der Waals surface area contributed by atoms with Crippen molar-refractivity contribution in [3.8, 4) is 0 Å². The maximum Gasteiger partial charge on any atom is 0.0148 e. The summed E-state index contributed by atoms with van der Waals surface area (Å²) < 4.78 is 0. The van der Waals surface area contributed by atoms with E-state index in [1.165, 1.54) is 19.3 Å². The molecule has 74 valence electrons. The van der Waals surface area contributed by atoms with Crippen molar-refractivity contribution < 1.29 is 0 Å². The van der Waals surface area contributed by atoms with E-state index < -0.39 is 0 Å². The van der Waals surface area contributed by atoms with Gasteiger partial charge in [0.05, 0.1) is 0 Å². The molecule has 0 aromatic carbocycles. The normalized spacial score (nSPS) is 18.8. The van der Waals surface area contributed by atoms with Gasteiger partial charge < -0.3 is 10.6 Å². The molecule has 0 rings (SSSR count). The molecule has 2 atom stereocenters. The van der Waals surface area contributed by atoms with Gasteiger partial charge in [-0.15, -0.1) is 0 Å². The fourth-order valence-electron chi connectivity index (χ4n) is 1.16. The highest BCUT2D eigenvalue weighted by Gasteiger charge is 2.19. The zero-order chi connectivity index (χ0) is 9.61. The summed E-state index contributed by atoms with van der Waals surface area (Å²) in [5, 5.41) is 6.64. The fourth-order valence-corrected chi connectivity index (χ4v) is 1.16. The first-order valence-corrected chi connectivity index (χ1v) is 4.94. The van der Waals surface area contributed by atoms with Gasteiger partial charge in [-0.05, 0) is 47.2 Å². The van der Waals surface area contributed by atoms with Gasteiger partial charge in [0, 0.05) is 11.6 Å². The van der Waals surface area contributed by atoms with E-state index in [0.29, 0.717) is 11.6 Å². The van der Waals surface area contributed by atoms with Gasteiger partial charge in [-0.1, -0.05) is 6.92 Å². The molecule has 0 amide bonds. The summed E-state index contributed by atoms with van der Waals surface area (Å²) >= 11 is 0. The van der Waals surface area contributed by atoms with Crippen molar-refractivity contribution in [2.24, 2.45) is 0 Å². The smallest absolute Gasteiger partial charge is 0.0148 e. The Morgan fingerprint density at radius 1 is 1.33 bits per heavy atom. The van der Waals surface area contributed by atoms with Crippen LogP contribution < -0.4 is 10.6 Å². The van der Waals surface area contributed by atoms with Crippen LogP contribution in [0.2, 0.25) is 0 Å². The second-order valence-electron chi connectivity index (χ2n) is 3.89. The van der Waals surface area contributed by atoms with Gasteiger partial charge in [-0.2, -0.15) is 0 Å². The van der Waals surface area contributed by atoms with Crippen molar-refractivity contribution in [2.45, 2.75) is 51.6 Å². The molecule has 12 heavy (non-hydrogen) atoms. The highest BCUT2D eigenvalue weighted by molar-refractivity contribution is 4.80. The second-order valence-corrected chi connectivity index (χ2v) is 3.89. The number of rotatable bonds is 6. The average molecular weight is 172 g/mol. The average Bonchev–Trinajstić information content (AvgIpc) is 2.13. The summed E-state index contributed by atoms with van der Waals surface area (Å²) in [6.45, 7) is 6.75. The molecule has 2 N–H and O–H groups in total. The monoisotopic (exact) mass is 172 g/mol. The summed E-state index contributed by atoms with van der Waals surface area (Å²) in [4.78, 5) is 0. The molecule has 0 aromatic rings. The van der Waals surface area contributed by atoms with E-state index in [1.54, 1.807) is 0 Å². The summed E-state index contributed by atoms with van der Waals surface area (Å²) in [5.74, 6) is 0. The molecule has 0 aliphatic heterocycles. The molecule has 0 heterocycles. The Balaban J connectivity index is 3.72. The predicted molar refractivity (Wildman–Crippen MR) is 55.5 cm³/mol. The quantitative estimate of drug-likeness (QED) is 0.638. The summed E-state index contributed by atoms with van der Waals surface area (Å²) in [5.41, 5.74) is 0.325. The van der Waals surface area contributed by atoms with Crippen LogP contribution >= 0.6 is 0 Å². The first-order valence-electron chi connectivity index (χ1n) is 4.94. The Bertz CT molecular complexity index is 108. The molecule has 2 heteroatoms. The highest BCUT2D eigenvalue weighted by atomic mass is 14.9. The zero-order valence-corrected chi connectivity index (χ0v) is 9.20. The molecule has 0 fully saturated rings. The van der Waals surface area contributed by atoms with Crippen molar-refractivity contribution in [3.05, 3.63) is 0 Å². The third-order valence-electron chi connectivity index (χ3n) is 3.01. The first-order chi connectivity index (χ1) is 5.58. The molecule has 2 nitrogen and oxygen atoms in total. The van der Waals surface area contributed by atoms with E-state index in [9.17, 15) is 0 Å². The van der Waals surface area contributed by atoms with E-state index in [-0.39, 0.29) is 0 Å². The number of hydrogen-bond acceptors (Lipinski definition) is 2. The van der Waals surface area contributed by atoms with E-state index in [0.717, 1.165) is 0 Å². The van der Waals surface area contributed by atoms with Crippen molar-refractivity contribution in [3.63, 3.8) is 0 Å². The Morgan fingerprint density at radius 2 is 1.92 bits per heavy atom. The molecule has 0 aliphatic carbocycles. The van der Waals surface area contributed by atoms with Crippen LogP contribution in [0.5, 0.6) is 0 Å². The molecule has 0 aliphatic rings. The molecule has 0 saturated heterocycles. The fraction of sp³-hybridized carbons (Fsp3) is 1.00. The summed E-state index contributed by atoms with van der Waals surface area (Å²) in [6.07, 6.45) is 3.67. The molecular formula is C10H24N2. The Hall–Kier alpha value is -0.0800. The molecule has 0 spiro atoms. The lowest BCUT2D eigenvalue weighted by molar-refractivity contribution is 0.320. The first kappa shape index (κ1) is 11.9. The predicted octanol–water partition coefficient (Wildman–Crippen LogP) is 1.76. The van der Waals surface area contributed by atoms with Gasteiger partial charge in [0.2, 0.25) is 0 Å². The molecule has 0 aromatic heterocycles. The van der Waals surface area contributed by atoms with Gasteiger partial charge in [0.25, 0.3) is 0 Å². The van der Waals surface area contributed by atoms with Crippen LogP contribution in [-0.2, 0) is 0 Å². The topological polar surface area (TPSA) is 24.1 Å². The molecule has 0 bridgehead atoms. The van der Waals surface area contributed by atoms with Crippen LogP contribution in [0.15, 0.2) is 0 Å². The Kier molecular flexibility index (Phi) is 5.51. The van der Waals surface area contributed by atoms with Crippen molar-refractivity contribution in [2.75, 3.05) is 14.1 Å². The van der Waals surface area contributed by atoms with Crippen molar-refractivity contribution >= 4 is 0 Å². The molecule has 2 unspecified atom stereocenters. The third kappa shape index (κ3) is 4.07. The van der Waals surface area contributed by atoms with Crippen LogP contribution in [0, 0.1) is 0 Å². The van der Waals surface area contributed by atoms with E-state index in [4.69, 9.17) is 0 Å². The SMILES string of the molecule is CCC(C)(CCC(C)NC)NC. The number of nitrogens with one attached hydrogen (secondary N) is 2. The van der Waals surface area contributed by atoms with Crippen LogP contribution in [0.4, 0.5) is 0 Å². The maximum atomic E-state index is 3.38. The van der Waals surface area contributed by atoms with Gasteiger partial charge in [-0.25, -0.2) is 0 Å². The molecule has 0 radical (unpaired) electrons. The van der Waals surface area contributed by atoms with Gasteiger partial charge in [-0.3, -0.25) is 0 Å². The van der Waals surface area contributed by atoms with E-state index in [2.05, 4.69) is 31.4 Å². The standard InChI is InChI=1S/C10H24N2/c1-6-10(3,12-5)8-7-9(2)11-4/h9,11-12H,6-8H2,1-5H3. The Morgan fingerprint density at radius 3 is 2.25 bits per heavy atom. The van der Waals surface area contributed by atoms with Crippen LogP contribution in [0.3, 0.4) is 0 Å². The van der Waals surface area contributed by atoms with Crippen molar-refractivity contribution in [1.82, 2.24) is 10.6 Å². The minimum Gasteiger partial charge on any atom is -0.317 e. The third-order valence-corrected chi connectivity index (χ3v) is 3.01. The maximum absolute atomic E-state index is 3.38. The Labute approximate surface area is 77.1 Å². The molecule has 0 saturated carbocycles. The molecular weight excluding hydrogens is 148 g/mol. The second kappa shape index (κ2) is 5.55. The minimum atomic E-state index is 0.325. The van der Waals surface area contributed by atoms with Crippen molar-refractivity contribution in [1.29, 1.82) is 0 Å². The van der Waals surface area contributed by atoms with Crippen LogP contribution in [0.25, 0.3) is 0 Å². The lowest BCUT2D eigenvalue weighted by Crippen LogP contribution is -2.40. The minimum absolute atomic E-state index is 0.325. The highest BCUT2D eigenvalue weighted by Crippen LogP contribution is 2.16. The zero-order valence-electron chi connectivity index (χ0n) is 9.20. The van der Waals surface area contributed by atoms with Gasteiger partial charge >= 0.3 is 0 Å². The largest absolute Gasteiger partial charge is 0.317 e. The van der Waals surface area contributed by atoms with E-state index >= 15 is 0 Å². The van der Waals surface area contributed by atoms with Gasteiger partial charge in [0.15, 0.2) is 0 Å². The summed E-state index contributed by atoms with van der Waals surface area (Å²) in [7, 11) is 4.07. The van der Waals surface area contributed by atoms with Crippen LogP contribution in [0.1, 0.15) is 40.0 Å². The van der Waals surface area contributed by atoms with Crippen LogP contribution in [-0.4, -0.2) is 25.7 Å². The van der Waals surface area contributed by atoms with Gasteiger partial charge in [0.1, 0.15) is 0 Å². The number of hydrogen-bond donors (Lipinski definition) is 2. The summed E-state index contributed by atoms with van der Waals surface area (Å²) in [6, 6.07) is 0.629. The lowest BCUT2D eigenvalue weighted by Gasteiger charge is -2.29. The van der Waals surface area contributed by atoms with E-state index in [1.807, 2.05) is 14.1 Å².